The Morgan fingerprint density at radius 1 is 1.30 bits per heavy atom. The van der Waals surface area contributed by atoms with Crippen LogP contribution in [-0.2, 0) is 16.2 Å². The second-order valence-corrected chi connectivity index (χ2v) is 17.0. The molecule has 3 rings (SSSR count). The van der Waals surface area contributed by atoms with Crippen LogP contribution in [0.3, 0.4) is 0 Å². The third kappa shape index (κ3) is 6.83. The first-order valence-corrected chi connectivity index (χ1v) is 15.7. The molecule has 1 aliphatic rings. The number of halogens is 1. The SMILES string of the molecule is CN(c1nnc(Cl)c2c1ccn2COCC[Si](C)(C)C)[C@@H]1CCCN(C(=O)OC(C)(C)C)C1. The molecule has 3 heterocycles. The molecule has 10 heteroatoms. The maximum atomic E-state index is 12.6. The van der Waals surface area contributed by atoms with Crippen molar-refractivity contribution >= 4 is 42.5 Å². The topological polar surface area (TPSA) is 72.7 Å². The minimum absolute atomic E-state index is 0.112. The smallest absolute Gasteiger partial charge is 0.410 e. The van der Waals surface area contributed by atoms with Crippen molar-refractivity contribution in [3.8, 4) is 0 Å². The number of anilines is 1. The van der Waals surface area contributed by atoms with Crippen molar-refractivity contribution in [2.24, 2.45) is 0 Å². The quantitative estimate of drug-likeness (QED) is 0.386. The summed E-state index contributed by atoms with van der Waals surface area (Å²) in [6.07, 6.45) is 3.57. The van der Waals surface area contributed by atoms with Crippen molar-refractivity contribution in [1.29, 1.82) is 0 Å². The number of carbonyl (C=O) groups excluding carboxylic acids is 1. The van der Waals surface area contributed by atoms with Crippen LogP contribution in [0.25, 0.3) is 10.9 Å². The van der Waals surface area contributed by atoms with E-state index >= 15 is 0 Å². The lowest BCUT2D eigenvalue weighted by atomic mass is 10.0. The van der Waals surface area contributed by atoms with Crippen LogP contribution < -0.4 is 4.90 Å². The molecule has 1 fully saturated rings. The molecule has 184 valence electrons. The largest absolute Gasteiger partial charge is 0.444 e. The predicted octanol–water partition coefficient (Wildman–Crippen LogP) is 5.23. The second-order valence-electron chi connectivity index (χ2n) is 11.0. The number of aromatic nitrogens is 3. The Hall–Kier alpha value is -1.84. The third-order valence-corrected chi connectivity index (χ3v) is 7.75. The Bertz CT molecular complexity index is 969. The monoisotopic (exact) mass is 495 g/mol. The Morgan fingerprint density at radius 3 is 2.70 bits per heavy atom. The molecule has 0 saturated carbocycles. The van der Waals surface area contributed by atoms with Crippen LogP contribution in [0, 0.1) is 0 Å². The van der Waals surface area contributed by atoms with E-state index < -0.39 is 13.7 Å². The highest BCUT2D eigenvalue weighted by atomic mass is 35.5. The Labute approximate surface area is 203 Å². The van der Waals surface area contributed by atoms with Gasteiger partial charge in [0.1, 0.15) is 12.3 Å². The van der Waals surface area contributed by atoms with Crippen molar-refractivity contribution in [2.45, 2.75) is 77.7 Å². The van der Waals surface area contributed by atoms with Crippen molar-refractivity contribution in [2.75, 3.05) is 31.6 Å². The zero-order valence-corrected chi connectivity index (χ0v) is 22.8. The average Bonchev–Trinajstić information content (AvgIpc) is 3.14. The molecular formula is C23H38ClN5O3Si. The van der Waals surface area contributed by atoms with Crippen molar-refractivity contribution in [3.63, 3.8) is 0 Å². The fourth-order valence-electron chi connectivity index (χ4n) is 3.92. The fourth-order valence-corrected chi connectivity index (χ4v) is 4.93. The van der Waals surface area contributed by atoms with Gasteiger partial charge in [0.2, 0.25) is 0 Å². The zero-order valence-electron chi connectivity index (χ0n) is 21.0. The highest BCUT2D eigenvalue weighted by Gasteiger charge is 2.31. The van der Waals surface area contributed by atoms with E-state index in [1.54, 1.807) is 4.90 Å². The number of ether oxygens (including phenoxy) is 2. The van der Waals surface area contributed by atoms with Crippen LogP contribution in [0.4, 0.5) is 10.6 Å². The van der Waals surface area contributed by atoms with Crippen molar-refractivity contribution in [1.82, 2.24) is 19.7 Å². The van der Waals surface area contributed by atoms with Crippen LogP contribution in [0.1, 0.15) is 33.6 Å². The molecular weight excluding hydrogens is 458 g/mol. The first-order valence-electron chi connectivity index (χ1n) is 11.7. The molecule has 1 amide bonds. The molecule has 0 bridgehead atoms. The van der Waals surface area contributed by atoms with Gasteiger partial charge in [0.15, 0.2) is 11.0 Å². The molecule has 8 nitrogen and oxygen atoms in total. The maximum absolute atomic E-state index is 12.6. The molecule has 1 saturated heterocycles. The first kappa shape index (κ1) is 25.8. The van der Waals surface area contributed by atoms with Gasteiger partial charge in [-0.15, -0.1) is 10.2 Å². The lowest BCUT2D eigenvalue weighted by molar-refractivity contribution is 0.0199. The number of rotatable bonds is 7. The van der Waals surface area contributed by atoms with Gasteiger partial charge in [-0.2, -0.15) is 0 Å². The average molecular weight is 496 g/mol. The third-order valence-electron chi connectivity index (χ3n) is 5.79. The predicted molar refractivity (Wildman–Crippen MR) is 136 cm³/mol. The summed E-state index contributed by atoms with van der Waals surface area (Å²) < 4.78 is 13.5. The molecule has 2 aromatic heterocycles. The maximum Gasteiger partial charge on any atom is 0.410 e. The molecule has 0 aliphatic carbocycles. The van der Waals surface area contributed by atoms with Gasteiger partial charge in [0.25, 0.3) is 0 Å². The number of piperidine rings is 1. The minimum atomic E-state index is -1.14. The summed E-state index contributed by atoms with van der Waals surface area (Å²) in [6, 6.07) is 3.24. The molecule has 2 aromatic rings. The molecule has 0 radical (unpaired) electrons. The summed E-state index contributed by atoms with van der Waals surface area (Å²) in [5, 5.41) is 9.93. The summed E-state index contributed by atoms with van der Waals surface area (Å²) in [6.45, 7) is 15.1. The van der Waals surface area contributed by atoms with Crippen LogP contribution in [0.2, 0.25) is 30.8 Å². The fraction of sp³-hybridized carbons (Fsp3) is 0.696. The molecule has 1 aliphatic heterocycles. The van der Waals surface area contributed by atoms with Crippen LogP contribution >= 0.6 is 11.6 Å². The first-order chi connectivity index (χ1) is 15.4. The Kier molecular flexibility index (Phi) is 7.96. The van der Waals surface area contributed by atoms with Gasteiger partial charge < -0.3 is 23.8 Å². The van der Waals surface area contributed by atoms with Gasteiger partial charge in [-0.25, -0.2) is 4.79 Å². The second kappa shape index (κ2) is 10.2. The molecule has 0 aromatic carbocycles. The van der Waals surface area contributed by atoms with Gasteiger partial charge in [0, 0.05) is 52.4 Å². The normalized spacial score (nSPS) is 17.5. The van der Waals surface area contributed by atoms with Gasteiger partial charge >= 0.3 is 6.09 Å². The van der Waals surface area contributed by atoms with E-state index in [1.807, 2.05) is 44.6 Å². The number of nitrogens with zero attached hydrogens (tertiary/aromatic N) is 5. The Morgan fingerprint density at radius 2 is 2.03 bits per heavy atom. The summed E-state index contributed by atoms with van der Waals surface area (Å²) in [5.41, 5.74) is 0.311. The molecule has 33 heavy (non-hydrogen) atoms. The van der Waals surface area contributed by atoms with E-state index in [1.165, 1.54) is 0 Å². The van der Waals surface area contributed by atoms with E-state index in [4.69, 9.17) is 21.1 Å². The van der Waals surface area contributed by atoms with E-state index in [2.05, 4.69) is 34.7 Å². The molecule has 0 spiro atoms. The molecule has 1 atom stereocenters. The number of hydrogen-bond donors (Lipinski definition) is 0. The number of carbonyl (C=O) groups is 1. The van der Waals surface area contributed by atoms with Crippen LogP contribution in [-0.4, -0.2) is 72.2 Å². The van der Waals surface area contributed by atoms with E-state index in [9.17, 15) is 4.79 Å². The van der Waals surface area contributed by atoms with Crippen LogP contribution in [0.5, 0.6) is 0 Å². The van der Waals surface area contributed by atoms with Gasteiger partial charge in [-0.05, 0) is 45.7 Å². The highest BCUT2D eigenvalue weighted by Crippen LogP contribution is 2.31. The highest BCUT2D eigenvalue weighted by molar-refractivity contribution is 6.76. The van der Waals surface area contributed by atoms with E-state index in [0.717, 1.165) is 42.2 Å². The summed E-state index contributed by atoms with van der Waals surface area (Å²) in [5.74, 6) is 0.756. The molecule has 0 N–H and O–H groups in total. The number of fused-ring (bicyclic) bond motifs is 1. The number of likely N-dealkylation sites (N-methyl/N-ethyl adjacent to an activating group) is 1. The van der Waals surface area contributed by atoms with Gasteiger partial charge in [-0.3, -0.25) is 0 Å². The van der Waals surface area contributed by atoms with Gasteiger partial charge in [0.05, 0.1) is 5.52 Å². The van der Waals surface area contributed by atoms with Crippen molar-refractivity contribution < 1.29 is 14.3 Å². The van der Waals surface area contributed by atoms with E-state index in [-0.39, 0.29) is 12.1 Å². The van der Waals surface area contributed by atoms with Crippen LogP contribution in [0.15, 0.2) is 12.3 Å². The van der Waals surface area contributed by atoms with Crippen molar-refractivity contribution in [3.05, 3.63) is 17.4 Å². The Balaban J connectivity index is 1.74. The van der Waals surface area contributed by atoms with Gasteiger partial charge in [-0.1, -0.05) is 31.2 Å². The standard InChI is InChI=1S/C23H38ClN5O3Si/c1-23(2,3)32-22(30)28-11-8-9-17(15-28)27(4)21-18-10-12-29(19(18)20(24)25-26-21)16-31-13-14-33(5,6)7/h10,12,17H,8-9,11,13-16H2,1-7H3/t17-/m1/s1. The summed E-state index contributed by atoms with van der Waals surface area (Å²) >= 11 is 6.45. The number of amides is 1. The van der Waals surface area contributed by atoms with E-state index in [0.29, 0.717) is 25.0 Å². The lowest BCUT2D eigenvalue weighted by Crippen LogP contribution is -2.50. The number of likely N-dealkylation sites (tertiary alicyclic amines) is 1. The zero-order chi connectivity index (χ0) is 24.4. The number of hydrogen-bond acceptors (Lipinski definition) is 6. The minimum Gasteiger partial charge on any atom is -0.444 e. The molecule has 0 unspecified atom stereocenters. The summed E-state index contributed by atoms with van der Waals surface area (Å²) in [7, 11) is 0.862. The lowest BCUT2D eigenvalue weighted by Gasteiger charge is -2.38. The summed E-state index contributed by atoms with van der Waals surface area (Å²) in [4.78, 5) is 16.5.